The molecule has 140 valence electrons. The van der Waals surface area contributed by atoms with Crippen molar-refractivity contribution in [2.24, 2.45) is 17.8 Å². The molecule has 1 aromatic carbocycles. The lowest BCUT2D eigenvalue weighted by atomic mass is 9.53. The van der Waals surface area contributed by atoms with Crippen LogP contribution in [0.2, 0.25) is 0 Å². The standard InChI is InChI=1S/C20H26N2O4/c23-19(6-3-7-26-18-5-2-1-4-17(18)22(24)25)21-20-11-14-8-15(12-20)10-16(9-14)13-20/h1-2,4-5,14-16H,3,6-13H2,(H,21,23). The molecule has 26 heavy (non-hydrogen) atoms. The summed E-state index contributed by atoms with van der Waals surface area (Å²) < 4.78 is 5.52. The Morgan fingerprint density at radius 1 is 1.15 bits per heavy atom. The van der Waals surface area contributed by atoms with Crippen LogP contribution in [0.4, 0.5) is 5.69 Å². The molecule has 0 aromatic heterocycles. The number of ether oxygens (including phenoxy) is 1. The summed E-state index contributed by atoms with van der Waals surface area (Å²) in [5.74, 6) is 2.78. The average Bonchev–Trinajstić information content (AvgIpc) is 2.57. The molecule has 0 saturated heterocycles. The molecule has 5 rings (SSSR count). The number of nitro groups is 1. The van der Waals surface area contributed by atoms with Gasteiger partial charge in [0.1, 0.15) is 0 Å². The van der Waals surface area contributed by atoms with Crippen LogP contribution in [0.25, 0.3) is 0 Å². The van der Waals surface area contributed by atoms with E-state index >= 15 is 0 Å². The van der Waals surface area contributed by atoms with Gasteiger partial charge in [0.2, 0.25) is 5.91 Å². The van der Waals surface area contributed by atoms with E-state index in [4.69, 9.17) is 4.74 Å². The fourth-order valence-corrected chi connectivity index (χ4v) is 5.77. The quantitative estimate of drug-likeness (QED) is 0.456. The highest BCUT2D eigenvalue weighted by molar-refractivity contribution is 5.76. The molecule has 6 nitrogen and oxygen atoms in total. The largest absolute Gasteiger partial charge is 0.487 e. The third-order valence-corrected chi connectivity index (χ3v) is 6.31. The molecule has 4 aliphatic carbocycles. The molecule has 1 aromatic rings. The third-order valence-electron chi connectivity index (χ3n) is 6.31. The Morgan fingerprint density at radius 2 is 1.77 bits per heavy atom. The number of para-hydroxylation sites is 2. The van der Waals surface area contributed by atoms with E-state index in [2.05, 4.69) is 5.32 Å². The number of nitrogens with zero attached hydrogens (tertiary/aromatic N) is 1. The number of nitrogens with one attached hydrogen (secondary N) is 1. The van der Waals surface area contributed by atoms with Gasteiger partial charge in [-0.2, -0.15) is 0 Å². The molecular formula is C20H26N2O4. The molecule has 1 N–H and O–H groups in total. The SMILES string of the molecule is O=C(CCCOc1ccccc1[N+](=O)[O-])NC12CC3CC(CC(C3)C1)C2. The Morgan fingerprint density at radius 3 is 2.38 bits per heavy atom. The molecule has 0 radical (unpaired) electrons. The van der Waals surface area contributed by atoms with Crippen LogP contribution in [0.3, 0.4) is 0 Å². The summed E-state index contributed by atoms with van der Waals surface area (Å²) in [6.07, 6.45) is 8.50. The van der Waals surface area contributed by atoms with E-state index in [0.29, 0.717) is 19.4 Å². The van der Waals surface area contributed by atoms with Crippen LogP contribution >= 0.6 is 0 Å². The minimum atomic E-state index is -0.449. The summed E-state index contributed by atoms with van der Waals surface area (Å²) in [6, 6.07) is 6.34. The minimum absolute atomic E-state index is 0.0366. The molecule has 1 amide bonds. The van der Waals surface area contributed by atoms with Gasteiger partial charge in [0.25, 0.3) is 0 Å². The lowest BCUT2D eigenvalue weighted by Crippen LogP contribution is -2.59. The number of benzene rings is 1. The second-order valence-electron chi connectivity index (χ2n) is 8.42. The van der Waals surface area contributed by atoms with Crippen LogP contribution in [-0.2, 0) is 4.79 Å². The fraction of sp³-hybridized carbons (Fsp3) is 0.650. The van der Waals surface area contributed by atoms with Gasteiger partial charge in [-0.1, -0.05) is 12.1 Å². The Hall–Kier alpha value is -2.11. The summed E-state index contributed by atoms with van der Waals surface area (Å²) in [6.45, 7) is 0.305. The van der Waals surface area contributed by atoms with Gasteiger partial charge in [-0.3, -0.25) is 14.9 Å². The molecule has 0 heterocycles. The van der Waals surface area contributed by atoms with Gasteiger partial charge in [0.15, 0.2) is 5.75 Å². The van der Waals surface area contributed by atoms with Crippen molar-refractivity contribution in [3.05, 3.63) is 34.4 Å². The van der Waals surface area contributed by atoms with Crippen molar-refractivity contribution < 1.29 is 14.5 Å². The number of carbonyl (C=O) groups is 1. The highest BCUT2D eigenvalue weighted by Crippen LogP contribution is 2.55. The highest BCUT2D eigenvalue weighted by atomic mass is 16.6. The van der Waals surface area contributed by atoms with Crippen molar-refractivity contribution in [2.75, 3.05) is 6.61 Å². The highest BCUT2D eigenvalue weighted by Gasteiger charge is 2.51. The molecule has 0 atom stereocenters. The Balaban J connectivity index is 1.25. The monoisotopic (exact) mass is 358 g/mol. The van der Waals surface area contributed by atoms with Crippen LogP contribution in [0.5, 0.6) is 5.75 Å². The first kappa shape index (κ1) is 17.3. The molecule has 6 heteroatoms. The number of rotatable bonds is 7. The van der Waals surface area contributed by atoms with E-state index in [9.17, 15) is 14.9 Å². The summed E-state index contributed by atoms with van der Waals surface area (Å²) in [5, 5.41) is 14.3. The zero-order valence-corrected chi connectivity index (χ0v) is 15.0. The van der Waals surface area contributed by atoms with Gasteiger partial charge < -0.3 is 10.1 Å². The number of nitro benzene ring substituents is 1. The van der Waals surface area contributed by atoms with E-state index in [1.54, 1.807) is 18.2 Å². The fourth-order valence-electron chi connectivity index (χ4n) is 5.77. The normalized spacial score (nSPS) is 31.6. The van der Waals surface area contributed by atoms with Crippen molar-refractivity contribution in [1.29, 1.82) is 0 Å². The maximum atomic E-state index is 12.4. The van der Waals surface area contributed by atoms with Crippen LogP contribution < -0.4 is 10.1 Å². The maximum absolute atomic E-state index is 12.4. The summed E-state index contributed by atoms with van der Waals surface area (Å²) in [4.78, 5) is 23.0. The second kappa shape index (κ2) is 6.89. The van der Waals surface area contributed by atoms with Gasteiger partial charge in [-0.15, -0.1) is 0 Å². The predicted molar refractivity (Wildman–Crippen MR) is 96.9 cm³/mol. The molecule has 0 spiro atoms. The predicted octanol–water partition coefficient (Wildman–Crippen LogP) is 3.84. The molecule has 4 saturated carbocycles. The number of hydrogen-bond donors (Lipinski definition) is 1. The second-order valence-corrected chi connectivity index (χ2v) is 8.42. The van der Waals surface area contributed by atoms with E-state index < -0.39 is 4.92 Å². The first-order chi connectivity index (χ1) is 12.5. The number of hydrogen-bond acceptors (Lipinski definition) is 4. The molecule has 0 aliphatic heterocycles. The Bertz CT molecular complexity index is 668. The van der Waals surface area contributed by atoms with E-state index in [0.717, 1.165) is 37.0 Å². The first-order valence-corrected chi connectivity index (χ1v) is 9.70. The average molecular weight is 358 g/mol. The van der Waals surface area contributed by atoms with Crippen LogP contribution in [-0.4, -0.2) is 23.0 Å². The topological polar surface area (TPSA) is 81.5 Å². The molecule has 0 unspecified atom stereocenters. The maximum Gasteiger partial charge on any atom is 0.310 e. The smallest absolute Gasteiger partial charge is 0.310 e. The molecule has 4 bridgehead atoms. The summed E-state index contributed by atoms with van der Waals surface area (Å²) >= 11 is 0. The third kappa shape index (κ3) is 3.55. The van der Waals surface area contributed by atoms with Crippen molar-refractivity contribution >= 4 is 11.6 Å². The van der Waals surface area contributed by atoms with Gasteiger partial charge in [0.05, 0.1) is 11.5 Å². The summed E-state index contributed by atoms with van der Waals surface area (Å²) in [5.41, 5.74) is 0.00998. The zero-order chi connectivity index (χ0) is 18.1. The van der Waals surface area contributed by atoms with Crippen LogP contribution in [0, 0.1) is 27.9 Å². The van der Waals surface area contributed by atoms with E-state index in [1.165, 1.54) is 25.3 Å². The number of carbonyl (C=O) groups excluding carboxylic acids is 1. The van der Waals surface area contributed by atoms with Gasteiger partial charge in [-0.05, 0) is 68.8 Å². The lowest BCUT2D eigenvalue weighted by molar-refractivity contribution is -0.385. The lowest BCUT2D eigenvalue weighted by Gasteiger charge is -2.56. The number of amides is 1. The molecule has 4 aliphatic rings. The Labute approximate surface area is 153 Å². The van der Waals surface area contributed by atoms with Crippen LogP contribution in [0.15, 0.2) is 24.3 Å². The van der Waals surface area contributed by atoms with Crippen molar-refractivity contribution in [1.82, 2.24) is 5.32 Å². The van der Waals surface area contributed by atoms with Gasteiger partial charge >= 0.3 is 5.69 Å². The minimum Gasteiger partial charge on any atom is -0.487 e. The van der Waals surface area contributed by atoms with E-state index in [1.807, 2.05) is 0 Å². The van der Waals surface area contributed by atoms with Gasteiger partial charge in [-0.25, -0.2) is 0 Å². The zero-order valence-electron chi connectivity index (χ0n) is 15.0. The van der Waals surface area contributed by atoms with Crippen LogP contribution in [0.1, 0.15) is 51.4 Å². The van der Waals surface area contributed by atoms with Crippen molar-refractivity contribution in [3.8, 4) is 5.75 Å². The van der Waals surface area contributed by atoms with Crippen molar-refractivity contribution in [2.45, 2.75) is 56.9 Å². The summed E-state index contributed by atoms with van der Waals surface area (Å²) in [7, 11) is 0. The van der Waals surface area contributed by atoms with E-state index in [-0.39, 0.29) is 22.9 Å². The Kier molecular flexibility index (Phi) is 4.59. The van der Waals surface area contributed by atoms with Gasteiger partial charge in [0, 0.05) is 18.0 Å². The van der Waals surface area contributed by atoms with Crippen molar-refractivity contribution in [3.63, 3.8) is 0 Å². The molecule has 4 fully saturated rings. The molecular weight excluding hydrogens is 332 g/mol. The first-order valence-electron chi connectivity index (χ1n) is 9.70.